The molecule has 0 saturated heterocycles. The zero-order chi connectivity index (χ0) is 16.4. The average Bonchev–Trinajstić information content (AvgIpc) is 3.13. The number of nitrogens with zero attached hydrogens (tertiary/aromatic N) is 5. The monoisotopic (exact) mass is 316 g/mol. The number of aliphatic hydroxyl groups is 1. The second-order valence-electron chi connectivity index (χ2n) is 5.09. The molecule has 120 valence electrons. The Labute approximate surface area is 131 Å². The molecule has 0 fully saturated rings. The molecule has 3 aromatic rings. The number of aromatic nitrogens is 5. The number of hydrogen-bond acceptors (Lipinski definition) is 7. The molecule has 0 bridgehead atoms. The van der Waals surface area contributed by atoms with Gasteiger partial charge in [0, 0.05) is 24.5 Å². The van der Waals surface area contributed by atoms with Crippen LogP contribution in [0.4, 0.5) is 0 Å². The van der Waals surface area contributed by atoms with Gasteiger partial charge in [-0.15, -0.1) is 0 Å². The molecule has 0 radical (unpaired) electrons. The minimum Gasteiger partial charge on any atom is -0.396 e. The van der Waals surface area contributed by atoms with Gasteiger partial charge in [-0.25, -0.2) is 9.50 Å². The van der Waals surface area contributed by atoms with Gasteiger partial charge in [-0.05, 0) is 26.3 Å². The fraction of sp³-hybridized carbons (Fsp3) is 0.357. The Bertz CT molecular complexity index is 853. The van der Waals surface area contributed by atoms with Gasteiger partial charge in [0.05, 0.1) is 11.8 Å². The van der Waals surface area contributed by atoms with E-state index in [1.165, 1.54) is 0 Å². The minimum absolute atomic E-state index is 0.00212. The van der Waals surface area contributed by atoms with E-state index in [2.05, 4.69) is 25.5 Å². The molecule has 1 amide bonds. The normalized spacial score (nSPS) is 11.1. The van der Waals surface area contributed by atoms with Crippen molar-refractivity contribution in [3.63, 3.8) is 0 Å². The van der Waals surface area contributed by atoms with Gasteiger partial charge >= 0.3 is 11.8 Å². The number of carbonyl (C=O) groups is 1. The lowest BCUT2D eigenvalue weighted by Gasteiger charge is -2.00. The SMILES string of the molecule is Cc1cc(C)n2ncc(-c3noc(C(=O)NCCCO)n3)c2n1. The van der Waals surface area contributed by atoms with Gasteiger partial charge in [0.15, 0.2) is 5.65 Å². The third kappa shape index (κ3) is 2.90. The smallest absolute Gasteiger partial charge is 0.316 e. The summed E-state index contributed by atoms with van der Waals surface area (Å²) in [5, 5.41) is 19.4. The van der Waals surface area contributed by atoms with Crippen LogP contribution in [0.3, 0.4) is 0 Å². The molecule has 0 unspecified atom stereocenters. The molecule has 0 aliphatic carbocycles. The molecule has 2 N–H and O–H groups in total. The van der Waals surface area contributed by atoms with Crippen molar-refractivity contribution in [2.24, 2.45) is 0 Å². The summed E-state index contributed by atoms with van der Waals surface area (Å²) in [4.78, 5) is 20.4. The van der Waals surface area contributed by atoms with E-state index >= 15 is 0 Å². The highest BCUT2D eigenvalue weighted by Crippen LogP contribution is 2.21. The van der Waals surface area contributed by atoms with Crippen LogP contribution in [0.1, 0.15) is 28.5 Å². The second kappa shape index (κ2) is 6.13. The van der Waals surface area contributed by atoms with E-state index in [1.54, 1.807) is 10.7 Å². The van der Waals surface area contributed by atoms with E-state index in [0.717, 1.165) is 11.4 Å². The summed E-state index contributed by atoms with van der Waals surface area (Å²) in [7, 11) is 0. The second-order valence-corrected chi connectivity index (χ2v) is 5.09. The minimum atomic E-state index is -0.478. The Kier molecular flexibility index (Phi) is 4.02. The van der Waals surface area contributed by atoms with Crippen LogP contribution in [0.25, 0.3) is 17.0 Å². The van der Waals surface area contributed by atoms with Crippen molar-refractivity contribution < 1.29 is 14.4 Å². The van der Waals surface area contributed by atoms with Gasteiger partial charge < -0.3 is 14.9 Å². The number of nitrogens with one attached hydrogen (secondary N) is 1. The standard InChI is InChI=1S/C14H16N6O3/c1-8-6-9(2)20-12(17-8)10(7-16-20)11-18-14(23-19-11)13(22)15-4-3-5-21/h6-7,21H,3-5H2,1-2H3,(H,15,22). The molecule has 0 atom stereocenters. The molecule has 0 aliphatic rings. The van der Waals surface area contributed by atoms with Crippen molar-refractivity contribution in [3.8, 4) is 11.4 Å². The topological polar surface area (TPSA) is 118 Å². The molecule has 0 spiro atoms. The van der Waals surface area contributed by atoms with Crippen molar-refractivity contribution in [2.45, 2.75) is 20.3 Å². The van der Waals surface area contributed by atoms with Gasteiger partial charge in [0.25, 0.3) is 0 Å². The third-order valence-corrected chi connectivity index (χ3v) is 3.26. The van der Waals surface area contributed by atoms with Crippen molar-refractivity contribution in [2.75, 3.05) is 13.2 Å². The number of hydrogen-bond donors (Lipinski definition) is 2. The lowest BCUT2D eigenvalue weighted by molar-refractivity contribution is 0.0907. The number of carbonyl (C=O) groups excluding carboxylic acids is 1. The van der Waals surface area contributed by atoms with E-state index < -0.39 is 5.91 Å². The number of aryl methyl sites for hydroxylation is 2. The van der Waals surface area contributed by atoms with Crippen LogP contribution in [-0.2, 0) is 0 Å². The largest absolute Gasteiger partial charge is 0.396 e. The Hall–Kier alpha value is -2.81. The Morgan fingerprint density at radius 3 is 3.00 bits per heavy atom. The summed E-state index contributed by atoms with van der Waals surface area (Å²) in [6.45, 7) is 4.15. The first-order valence-electron chi connectivity index (χ1n) is 7.15. The van der Waals surface area contributed by atoms with Crippen LogP contribution >= 0.6 is 0 Å². The Morgan fingerprint density at radius 2 is 2.22 bits per heavy atom. The molecule has 0 saturated carbocycles. The van der Waals surface area contributed by atoms with E-state index in [-0.39, 0.29) is 18.3 Å². The van der Waals surface area contributed by atoms with E-state index in [9.17, 15) is 4.79 Å². The first-order chi connectivity index (χ1) is 11.1. The van der Waals surface area contributed by atoms with E-state index in [1.807, 2.05) is 19.9 Å². The first kappa shape index (κ1) is 15.1. The third-order valence-electron chi connectivity index (χ3n) is 3.26. The number of rotatable bonds is 5. The van der Waals surface area contributed by atoms with Crippen molar-refractivity contribution in [3.05, 3.63) is 29.5 Å². The molecule has 9 nitrogen and oxygen atoms in total. The van der Waals surface area contributed by atoms with Gasteiger partial charge in [0.1, 0.15) is 0 Å². The van der Waals surface area contributed by atoms with Crippen molar-refractivity contribution in [1.82, 2.24) is 30.1 Å². The predicted molar refractivity (Wildman–Crippen MR) is 79.8 cm³/mol. The molecule has 9 heteroatoms. The van der Waals surface area contributed by atoms with Gasteiger partial charge in [-0.1, -0.05) is 5.16 Å². The summed E-state index contributed by atoms with van der Waals surface area (Å²) in [6, 6.07) is 1.92. The summed E-state index contributed by atoms with van der Waals surface area (Å²) in [6.07, 6.45) is 2.05. The summed E-state index contributed by atoms with van der Waals surface area (Å²) >= 11 is 0. The van der Waals surface area contributed by atoms with Crippen molar-refractivity contribution in [1.29, 1.82) is 0 Å². The number of fused-ring (bicyclic) bond motifs is 1. The maximum Gasteiger partial charge on any atom is 0.316 e. The van der Waals surface area contributed by atoms with Gasteiger partial charge in [0.2, 0.25) is 5.82 Å². The van der Waals surface area contributed by atoms with Crippen LogP contribution < -0.4 is 5.32 Å². The number of aliphatic hydroxyl groups excluding tert-OH is 1. The van der Waals surface area contributed by atoms with E-state index in [4.69, 9.17) is 9.63 Å². The molecule has 3 aromatic heterocycles. The lowest BCUT2D eigenvalue weighted by Crippen LogP contribution is -2.25. The molecule has 23 heavy (non-hydrogen) atoms. The zero-order valence-corrected chi connectivity index (χ0v) is 12.8. The molecule has 3 heterocycles. The van der Waals surface area contributed by atoms with Gasteiger partial charge in [-0.2, -0.15) is 10.1 Å². The Morgan fingerprint density at radius 1 is 1.39 bits per heavy atom. The first-order valence-corrected chi connectivity index (χ1v) is 7.15. The van der Waals surface area contributed by atoms with Crippen LogP contribution in [0, 0.1) is 13.8 Å². The molecule has 3 rings (SSSR count). The van der Waals surface area contributed by atoms with Crippen LogP contribution in [0.5, 0.6) is 0 Å². The number of amides is 1. The summed E-state index contributed by atoms with van der Waals surface area (Å²) in [5.41, 5.74) is 2.98. The molecule has 0 aromatic carbocycles. The molecular weight excluding hydrogens is 300 g/mol. The quantitative estimate of drug-likeness (QED) is 0.658. The fourth-order valence-electron chi connectivity index (χ4n) is 2.21. The zero-order valence-electron chi connectivity index (χ0n) is 12.8. The van der Waals surface area contributed by atoms with Crippen molar-refractivity contribution >= 4 is 11.6 Å². The Balaban J connectivity index is 1.90. The van der Waals surface area contributed by atoms with Crippen LogP contribution in [-0.4, -0.2) is 48.9 Å². The van der Waals surface area contributed by atoms with Crippen LogP contribution in [0.2, 0.25) is 0 Å². The maximum atomic E-state index is 11.8. The summed E-state index contributed by atoms with van der Waals surface area (Å²) in [5.74, 6) is -0.361. The summed E-state index contributed by atoms with van der Waals surface area (Å²) < 4.78 is 6.67. The highest BCUT2D eigenvalue weighted by atomic mass is 16.5. The fourth-order valence-corrected chi connectivity index (χ4v) is 2.21. The highest BCUT2D eigenvalue weighted by molar-refractivity contribution is 5.90. The molecular formula is C14H16N6O3. The average molecular weight is 316 g/mol. The van der Waals surface area contributed by atoms with Gasteiger partial charge in [-0.3, -0.25) is 4.79 Å². The highest BCUT2D eigenvalue weighted by Gasteiger charge is 2.19. The molecule has 0 aliphatic heterocycles. The van der Waals surface area contributed by atoms with E-state index in [0.29, 0.717) is 24.2 Å². The van der Waals surface area contributed by atoms with Crippen LogP contribution in [0.15, 0.2) is 16.8 Å². The predicted octanol–water partition coefficient (Wildman–Crippen LogP) is 0.508. The maximum absolute atomic E-state index is 11.8. The lowest BCUT2D eigenvalue weighted by atomic mass is 10.3.